The Morgan fingerprint density at radius 3 is 2.22 bits per heavy atom. The number of halogens is 1. The average Bonchev–Trinajstić information content (AvgIpc) is 2.51. The molecule has 23 heavy (non-hydrogen) atoms. The van der Waals surface area contributed by atoms with Crippen molar-refractivity contribution >= 4 is 29.1 Å². The zero-order valence-corrected chi connectivity index (χ0v) is 14.3. The van der Waals surface area contributed by atoms with E-state index in [0.29, 0.717) is 23.8 Å². The van der Waals surface area contributed by atoms with Crippen molar-refractivity contribution in [2.75, 3.05) is 58.7 Å². The van der Waals surface area contributed by atoms with Gasteiger partial charge in [0, 0.05) is 40.3 Å². The lowest BCUT2D eigenvalue weighted by Gasteiger charge is -2.34. The number of benzene rings is 1. The summed E-state index contributed by atoms with van der Waals surface area (Å²) in [6.07, 6.45) is 0. The van der Waals surface area contributed by atoms with Crippen LogP contribution in [-0.2, 0) is 9.59 Å². The van der Waals surface area contributed by atoms with Crippen LogP contribution in [0.5, 0.6) is 0 Å². The number of rotatable bonds is 5. The van der Waals surface area contributed by atoms with E-state index in [2.05, 4.69) is 15.1 Å². The van der Waals surface area contributed by atoms with Crippen LogP contribution in [0, 0.1) is 0 Å². The monoisotopic (exact) mass is 338 g/mol. The Morgan fingerprint density at radius 1 is 1.09 bits per heavy atom. The van der Waals surface area contributed by atoms with Gasteiger partial charge in [0.05, 0.1) is 23.8 Å². The standard InChI is InChI=1S/C16H23ClN4O2/c1-19(2)16(23)12-21-9-7-20(8-10-21)11-15(22)18-14-6-4-3-5-13(14)17/h3-6H,7-12H2,1-2H3,(H,18,22). The number of nitrogens with one attached hydrogen (secondary N) is 1. The SMILES string of the molecule is CN(C)C(=O)CN1CCN(CC(=O)Nc2ccccc2Cl)CC1. The highest BCUT2D eigenvalue weighted by molar-refractivity contribution is 6.33. The number of carbonyl (C=O) groups excluding carboxylic acids is 2. The van der Waals surface area contributed by atoms with Crippen LogP contribution in [0.2, 0.25) is 5.02 Å². The molecule has 0 saturated carbocycles. The first-order valence-corrected chi connectivity index (χ1v) is 8.03. The van der Waals surface area contributed by atoms with E-state index in [4.69, 9.17) is 11.6 Å². The van der Waals surface area contributed by atoms with E-state index in [1.54, 1.807) is 31.1 Å². The minimum atomic E-state index is -0.0732. The molecule has 2 rings (SSSR count). The van der Waals surface area contributed by atoms with E-state index in [-0.39, 0.29) is 11.8 Å². The Labute approximate surface area is 142 Å². The zero-order chi connectivity index (χ0) is 16.8. The summed E-state index contributed by atoms with van der Waals surface area (Å²) >= 11 is 6.03. The van der Waals surface area contributed by atoms with E-state index < -0.39 is 0 Å². The maximum Gasteiger partial charge on any atom is 0.238 e. The minimum absolute atomic E-state index is 0.0732. The molecular weight excluding hydrogens is 316 g/mol. The number of piperazine rings is 1. The number of nitrogens with zero attached hydrogens (tertiary/aromatic N) is 3. The summed E-state index contributed by atoms with van der Waals surface area (Å²) in [6, 6.07) is 7.19. The summed E-state index contributed by atoms with van der Waals surface area (Å²) in [6.45, 7) is 3.90. The number of anilines is 1. The molecule has 1 aliphatic heterocycles. The molecule has 0 atom stereocenters. The van der Waals surface area contributed by atoms with Gasteiger partial charge in [0.2, 0.25) is 11.8 Å². The Hall–Kier alpha value is -1.63. The third-order valence-electron chi connectivity index (χ3n) is 3.84. The Morgan fingerprint density at radius 2 is 1.65 bits per heavy atom. The molecule has 1 aliphatic rings. The molecule has 2 amide bonds. The molecule has 0 unspecified atom stereocenters. The number of para-hydroxylation sites is 1. The van der Waals surface area contributed by atoms with Gasteiger partial charge in [-0.25, -0.2) is 0 Å². The predicted molar refractivity (Wildman–Crippen MR) is 91.7 cm³/mol. The number of likely N-dealkylation sites (N-methyl/N-ethyl adjacent to an activating group) is 1. The molecule has 0 aliphatic carbocycles. The third kappa shape index (κ3) is 5.49. The second-order valence-corrected chi connectivity index (χ2v) is 6.28. The summed E-state index contributed by atoms with van der Waals surface area (Å²) in [7, 11) is 3.52. The lowest BCUT2D eigenvalue weighted by atomic mass is 10.3. The van der Waals surface area contributed by atoms with E-state index in [1.807, 2.05) is 12.1 Å². The van der Waals surface area contributed by atoms with E-state index >= 15 is 0 Å². The number of carbonyl (C=O) groups is 2. The van der Waals surface area contributed by atoms with Crippen molar-refractivity contribution < 1.29 is 9.59 Å². The molecule has 1 heterocycles. The molecule has 1 aromatic carbocycles. The van der Waals surface area contributed by atoms with Gasteiger partial charge in [-0.2, -0.15) is 0 Å². The molecule has 0 aromatic heterocycles. The predicted octanol–water partition coefficient (Wildman–Crippen LogP) is 0.984. The highest BCUT2D eigenvalue weighted by Gasteiger charge is 2.21. The van der Waals surface area contributed by atoms with Gasteiger partial charge in [-0.1, -0.05) is 23.7 Å². The molecule has 0 radical (unpaired) electrons. The quantitative estimate of drug-likeness (QED) is 0.869. The lowest BCUT2D eigenvalue weighted by Crippen LogP contribution is -2.50. The third-order valence-corrected chi connectivity index (χ3v) is 4.17. The van der Waals surface area contributed by atoms with Gasteiger partial charge in [0.15, 0.2) is 0 Å². The summed E-state index contributed by atoms with van der Waals surface area (Å²) in [5.74, 6) is 0.0332. The fourth-order valence-corrected chi connectivity index (χ4v) is 2.58. The summed E-state index contributed by atoms with van der Waals surface area (Å²) in [4.78, 5) is 29.6. The first kappa shape index (κ1) is 17.7. The smallest absolute Gasteiger partial charge is 0.238 e. The first-order valence-electron chi connectivity index (χ1n) is 7.65. The summed E-state index contributed by atoms with van der Waals surface area (Å²) < 4.78 is 0. The van der Waals surface area contributed by atoms with Gasteiger partial charge in [-0.05, 0) is 12.1 Å². The molecule has 1 saturated heterocycles. The van der Waals surface area contributed by atoms with Gasteiger partial charge in [-0.15, -0.1) is 0 Å². The maximum atomic E-state index is 12.1. The Kier molecular flexibility index (Phi) is 6.38. The largest absolute Gasteiger partial charge is 0.348 e. The molecule has 1 N–H and O–H groups in total. The van der Waals surface area contributed by atoms with E-state index in [0.717, 1.165) is 26.2 Å². The van der Waals surface area contributed by atoms with Crippen LogP contribution in [0.3, 0.4) is 0 Å². The Bertz CT molecular complexity index is 557. The first-order chi connectivity index (χ1) is 11.0. The molecule has 126 valence electrons. The van der Waals surface area contributed by atoms with Crippen LogP contribution >= 0.6 is 11.6 Å². The normalized spacial score (nSPS) is 16.1. The van der Waals surface area contributed by atoms with Crippen molar-refractivity contribution in [1.82, 2.24) is 14.7 Å². The van der Waals surface area contributed by atoms with Crippen molar-refractivity contribution in [3.05, 3.63) is 29.3 Å². The maximum absolute atomic E-state index is 12.1. The molecule has 7 heteroatoms. The second kappa shape index (κ2) is 8.29. The Balaban J connectivity index is 1.75. The number of amides is 2. The zero-order valence-electron chi connectivity index (χ0n) is 13.6. The van der Waals surface area contributed by atoms with Crippen LogP contribution in [-0.4, -0.2) is 79.9 Å². The minimum Gasteiger partial charge on any atom is -0.348 e. The molecule has 1 fully saturated rings. The van der Waals surface area contributed by atoms with Gasteiger partial charge in [0.1, 0.15) is 0 Å². The average molecular weight is 339 g/mol. The second-order valence-electron chi connectivity index (χ2n) is 5.87. The van der Waals surface area contributed by atoms with Crippen LogP contribution in [0.4, 0.5) is 5.69 Å². The van der Waals surface area contributed by atoms with Crippen LogP contribution < -0.4 is 5.32 Å². The van der Waals surface area contributed by atoms with Crippen LogP contribution in [0.1, 0.15) is 0 Å². The molecule has 6 nitrogen and oxygen atoms in total. The topological polar surface area (TPSA) is 55.9 Å². The van der Waals surface area contributed by atoms with Gasteiger partial charge < -0.3 is 10.2 Å². The fourth-order valence-electron chi connectivity index (χ4n) is 2.39. The van der Waals surface area contributed by atoms with Crippen LogP contribution in [0.25, 0.3) is 0 Å². The van der Waals surface area contributed by atoms with Crippen molar-refractivity contribution in [3.8, 4) is 0 Å². The van der Waals surface area contributed by atoms with E-state index in [1.165, 1.54) is 0 Å². The highest BCUT2D eigenvalue weighted by Crippen LogP contribution is 2.20. The number of hydrogen-bond donors (Lipinski definition) is 1. The van der Waals surface area contributed by atoms with Crippen molar-refractivity contribution in [2.24, 2.45) is 0 Å². The summed E-state index contributed by atoms with van der Waals surface area (Å²) in [5, 5.41) is 3.36. The van der Waals surface area contributed by atoms with Crippen molar-refractivity contribution in [3.63, 3.8) is 0 Å². The van der Waals surface area contributed by atoms with Gasteiger partial charge >= 0.3 is 0 Å². The van der Waals surface area contributed by atoms with Crippen molar-refractivity contribution in [1.29, 1.82) is 0 Å². The number of hydrogen-bond acceptors (Lipinski definition) is 4. The molecule has 0 bridgehead atoms. The van der Waals surface area contributed by atoms with E-state index in [9.17, 15) is 9.59 Å². The van der Waals surface area contributed by atoms with Crippen LogP contribution in [0.15, 0.2) is 24.3 Å². The molecule has 1 aromatic rings. The highest BCUT2D eigenvalue weighted by atomic mass is 35.5. The van der Waals surface area contributed by atoms with Gasteiger partial charge in [-0.3, -0.25) is 19.4 Å². The summed E-state index contributed by atoms with van der Waals surface area (Å²) in [5.41, 5.74) is 0.634. The van der Waals surface area contributed by atoms with Gasteiger partial charge in [0.25, 0.3) is 0 Å². The van der Waals surface area contributed by atoms with Crippen molar-refractivity contribution in [2.45, 2.75) is 0 Å². The molecular formula is C16H23ClN4O2. The fraction of sp³-hybridized carbons (Fsp3) is 0.500. The lowest BCUT2D eigenvalue weighted by molar-refractivity contribution is -0.130. The molecule has 0 spiro atoms.